The number of rotatable bonds is 3. The number of carbonyl (C=O) groups excluding carboxylic acids is 1. The van der Waals surface area contributed by atoms with Crippen LogP contribution in [0.15, 0.2) is 0 Å². The molecule has 0 radical (unpaired) electrons. The van der Waals surface area contributed by atoms with Gasteiger partial charge < -0.3 is 9.47 Å². The van der Waals surface area contributed by atoms with Gasteiger partial charge in [0.15, 0.2) is 6.10 Å². The molecule has 0 bridgehead atoms. The Morgan fingerprint density at radius 1 is 1.80 bits per heavy atom. The van der Waals surface area contributed by atoms with Crippen molar-refractivity contribution >= 4 is 5.97 Å². The zero-order chi connectivity index (χ0) is 7.98. The summed E-state index contributed by atoms with van der Waals surface area (Å²) >= 11 is 0. The highest BCUT2D eigenvalue weighted by Crippen LogP contribution is 1.91. The largest absolute Gasteiger partial charge is 0.467 e. The highest BCUT2D eigenvalue weighted by molar-refractivity contribution is 5.73. The molecular weight excluding hydrogens is 132 g/mol. The molecule has 0 aromatic rings. The van der Waals surface area contributed by atoms with Gasteiger partial charge in [-0.2, -0.15) is 0 Å². The lowest BCUT2D eigenvalue weighted by Crippen LogP contribution is -2.21. The van der Waals surface area contributed by atoms with Crippen molar-refractivity contribution in [3.05, 3.63) is 0 Å². The van der Waals surface area contributed by atoms with Crippen LogP contribution in [0.1, 0.15) is 6.92 Å². The Kier molecular flexibility index (Phi) is 4.34. The molecule has 0 heterocycles. The third-order valence-electron chi connectivity index (χ3n) is 0.950. The van der Waals surface area contributed by atoms with E-state index >= 15 is 0 Å². The minimum Gasteiger partial charge on any atom is -0.467 e. The Morgan fingerprint density at radius 2 is 2.40 bits per heavy atom. The van der Waals surface area contributed by atoms with Crippen molar-refractivity contribution in [1.82, 2.24) is 0 Å². The van der Waals surface area contributed by atoms with Crippen LogP contribution in [0.4, 0.5) is 0 Å². The minimum absolute atomic E-state index is 0.135. The highest BCUT2D eigenvalue weighted by atomic mass is 16.6. The van der Waals surface area contributed by atoms with Gasteiger partial charge >= 0.3 is 5.97 Å². The van der Waals surface area contributed by atoms with Crippen molar-refractivity contribution in [2.24, 2.45) is 0 Å². The van der Waals surface area contributed by atoms with E-state index in [1.807, 2.05) is 0 Å². The first kappa shape index (κ1) is 8.99. The van der Waals surface area contributed by atoms with E-state index < -0.39 is 12.1 Å². The van der Waals surface area contributed by atoms with E-state index in [0.717, 1.165) is 0 Å². The van der Waals surface area contributed by atoms with E-state index in [4.69, 9.17) is 11.2 Å². The van der Waals surface area contributed by atoms with Crippen molar-refractivity contribution < 1.29 is 14.3 Å². The summed E-state index contributed by atoms with van der Waals surface area (Å²) < 4.78 is 9.21. The number of terminal acetylenes is 1. The maximum atomic E-state index is 10.6. The van der Waals surface area contributed by atoms with Crippen LogP contribution in [-0.4, -0.2) is 25.8 Å². The lowest BCUT2D eigenvalue weighted by atomic mass is 10.4. The van der Waals surface area contributed by atoms with Crippen LogP contribution in [0.5, 0.6) is 0 Å². The Labute approximate surface area is 60.3 Å². The van der Waals surface area contributed by atoms with Gasteiger partial charge in [-0.3, -0.25) is 0 Å². The van der Waals surface area contributed by atoms with Crippen molar-refractivity contribution in [3.63, 3.8) is 0 Å². The van der Waals surface area contributed by atoms with Crippen molar-refractivity contribution in [1.29, 1.82) is 0 Å². The highest BCUT2D eigenvalue weighted by Gasteiger charge is 2.11. The normalized spacial score (nSPS) is 11.7. The van der Waals surface area contributed by atoms with Crippen LogP contribution in [0, 0.1) is 12.3 Å². The third kappa shape index (κ3) is 3.10. The monoisotopic (exact) mass is 142 g/mol. The Morgan fingerprint density at radius 3 is 2.80 bits per heavy atom. The molecule has 0 aromatic heterocycles. The molecule has 0 aliphatic carbocycles. The molecule has 3 nitrogen and oxygen atoms in total. The SMILES string of the molecule is C#CCOC(C)C(=O)OC. The summed E-state index contributed by atoms with van der Waals surface area (Å²) in [6.45, 7) is 1.72. The van der Waals surface area contributed by atoms with Gasteiger partial charge in [-0.05, 0) is 6.92 Å². The Balaban J connectivity index is 3.53. The molecule has 56 valence electrons. The molecule has 0 N–H and O–H groups in total. The second-order valence-electron chi connectivity index (χ2n) is 1.68. The maximum Gasteiger partial charge on any atom is 0.334 e. The lowest BCUT2D eigenvalue weighted by molar-refractivity contribution is -0.151. The van der Waals surface area contributed by atoms with Crippen LogP contribution < -0.4 is 0 Å². The quantitative estimate of drug-likeness (QED) is 0.417. The molecule has 0 aromatic carbocycles. The van der Waals surface area contributed by atoms with Crippen LogP contribution >= 0.6 is 0 Å². The molecule has 10 heavy (non-hydrogen) atoms. The molecule has 1 unspecified atom stereocenters. The summed E-state index contributed by atoms with van der Waals surface area (Å²) in [5.74, 6) is 1.84. The van der Waals surface area contributed by atoms with Crippen LogP contribution in [-0.2, 0) is 14.3 Å². The van der Waals surface area contributed by atoms with E-state index in [0.29, 0.717) is 0 Å². The lowest BCUT2D eigenvalue weighted by Gasteiger charge is -2.06. The van der Waals surface area contributed by atoms with Gasteiger partial charge in [0.2, 0.25) is 0 Å². The zero-order valence-corrected chi connectivity index (χ0v) is 6.09. The number of ether oxygens (including phenoxy) is 2. The van der Waals surface area contributed by atoms with Gasteiger partial charge in [0.05, 0.1) is 7.11 Å². The minimum atomic E-state index is -0.568. The Hall–Kier alpha value is -1.01. The van der Waals surface area contributed by atoms with E-state index in [1.165, 1.54) is 7.11 Å². The maximum absolute atomic E-state index is 10.6. The molecule has 0 saturated carbocycles. The number of hydrogen-bond acceptors (Lipinski definition) is 3. The fourth-order valence-corrected chi connectivity index (χ4v) is 0.407. The molecule has 0 saturated heterocycles. The number of carbonyl (C=O) groups is 1. The molecule has 0 amide bonds. The van der Waals surface area contributed by atoms with Crippen LogP contribution in [0.3, 0.4) is 0 Å². The summed E-state index contributed by atoms with van der Waals surface area (Å²) in [6, 6.07) is 0. The van der Waals surface area contributed by atoms with Crippen LogP contribution in [0.2, 0.25) is 0 Å². The number of methoxy groups -OCH3 is 1. The molecule has 1 atom stereocenters. The molecule has 0 fully saturated rings. The average Bonchev–Trinajstić information content (AvgIpc) is 1.98. The number of hydrogen-bond donors (Lipinski definition) is 0. The fraction of sp³-hybridized carbons (Fsp3) is 0.571. The average molecular weight is 142 g/mol. The summed E-state index contributed by atoms with van der Waals surface area (Å²) in [7, 11) is 1.30. The molecule has 0 aliphatic heterocycles. The summed E-state index contributed by atoms with van der Waals surface area (Å²) in [5, 5.41) is 0. The summed E-state index contributed by atoms with van der Waals surface area (Å²) in [4.78, 5) is 10.6. The molecular formula is C7H10O3. The van der Waals surface area contributed by atoms with E-state index in [-0.39, 0.29) is 6.61 Å². The molecule has 0 spiro atoms. The first-order valence-electron chi connectivity index (χ1n) is 2.85. The zero-order valence-electron chi connectivity index (χ0n) is 6.09. The standard InChI is InChI=1S/C7H10O3/c1-4-5-10-6(2)7(8)9-3/h1,6H,5H2,2-3H3. The van der Waals surface area contributed by atoms with Crippen molar-refractivity contribution in [2.45, 2.75) is 13.0 Å². The van der Waals surface area contributed by atoms with E-state index in [1.54, 1.807) is 6.92 Å². The van der Waals surface area contributed by atoms with Crippen molar-refractivity contribution in [3.8, 4) is 12.3 Å². The predicted octanol–water partition coefficient (Wildman–Crippen LogP) is 0.198. The third-order valence-corrected chi connectivity index (χ3v) is 0.950. The second-order valence-corrected chi connectivity index (χ2v) is 1.68. The first-order chi connectivity index (χ1) is 4.72. The fourth-order valence-electron chi connectivity index (χ4n) is 0.407. The summed E-state index contributed by atoms with van der Waals surface area (Å²) in [6.07, 6.45) is 4.32. The van der Waals surface area contributed by atoms with Gasteiger partial charge in [-0.25, -0.2) is 4.79 Å². The Bertz CT molecular complexity index is 145. The predicted molar refractivity (Wildman–Crippen MR) is 36.3 cm³/mol. The summed E-state index contributed by atoms with van der Waals surface area (Å²) in [5.41, 5.74) is 0. The van der Waals surface area contributed by atoms with E-state index in [9.17, 15) is 4.79 Å². The smallest absolute Gasteiger partial charge is 0.334 e. The van der Waals surface area contributed by atoms with E-state index in [2.05, 4.69) is 10.7 Å². The second kappa shape index (κ2) is 4.83. The topological polar surface area (TPSA) is 35.5 Å². The molecule has 3 heteroatoms. The van der Waals surface area contributed by atoms with Gasteiger partial charge in [-0.15, -0.1) is 6.42 Å². The van der Waals surface area contributed by atoms with Gasteiger partial charge in [0.25, 0.3) is 0 Å². The first-order valence-corrected chi connectivity index (χ1v) is 2.85. The van der Waals surface area contributed by atoms with Crippen LogP contribution in [0.25, 0.3) is 0 Å². The van der Waals surface area contributed by atoms with Crippen molar-refractivity contribution in [2.75, 3.05) is 13.7 Å². The number of esters is 1. The van der Waals surface area contributed by atoms with Gasteiger partial charge in [-0.1, -0.05) is 5.92 Å². The van der Waals surface area contributed by atoms with Gasteiger partial charge in [0.1, 0.15) is 6.61 Å². The molecule has 0 rings (SSSR count). The van der Waals surface area contributed by atoms with Gasteiger partial charge in [0, 0.05) is 0 Å². The molecule has 0 aliphatic rings.